The second-order valence-electron chi connectivity index (χ2n) is 5.30. The average molecular weight is 345 g/mol. The normalized spacial score (nSPS) is 11.6. The third kappa shape index (κ3) is 7.10. The molecule has 1 atom stereocenters. The Hall–Kier alpha value is -1.46. The number of ether oxygens (including phenoxy) is 2. The number of rotatable bonds is 9. The maximum absolute atomic E-state index is 12.2. The zero-order chi connectivity index (χ0) is 16.5. The summed E-state index contributed by atoms with van der Waals surface area (Å²) in [6.45, 7) is 8.80. The number of benzene rings is 1. The highest BCUT2D eigenvalue weighted by Crippen LogP contribution is 2.17. The second-order valence-corrected chi connectivity index (χ2v) is 5.30. The highest BCUT2D eigenvalue weighted by atomic mass is 35.5. The van der Waals surface area contributed by atoms with E-state index in [0.717, 1.165) is 24.6 Å². The lowest BCUT2D eigenvalue weighted by Crippen LogP contribution is -2.44. The third-order valence-electron chi connectivity index (χ3n) is 3.86. The molecule has 1 aromatic carbocycles. The molecule has 0 N–H and O–H groups in total. The number of halogens is 1. The largest absolute Gasteiger partial charge is 0.497 e. The predicted octanol–water partition coefficient (Wildman–Crippen LogP) is 2.68. The molecule has 0 saturated heterocycles. The Balaban J connectivity index is 0.00000484. The molecule has 0 aliphatic heterocycles. The van der Waals surface area contributed by atoms with Gasteiger partial charge in [0.15, 0.2) is 0 Å². The second kappa shape index (κ2) is 11.1. The fourth-order valence-electron chi connectivity index (χ4n) is 2.00. The Kier molecular flexibility index (Phi) is 10.4. The van der Waals surface area contributed by atoms with E-state index in [0.29, 0.717) is 13.2 Å². The van der Waals surface area contributed by atoms with Gasteiger partial charge in [-0.15, -0.1) is 12.4 Å². The number of nitrogens with zero attached hydrogens (tertiary/aromatic N) is 2. The van der Waals surface area contributed by atoms with Crippen LogP contribution in [-0.2, 0) is 4.79 Å². The van der Waals surface area contributed by atoms with Gasteiger partial charge in [0.05, 0.1) is 19.7 Å². The molecule has 1 rings (SSSR count). The van der Waals surface area contributed by atoms with Gasteiger partial charge in [-0.2, -0.15) is 0 Å². The van der Waals surface area contributed by atoms with E-state index in [-0.39, 0.29) is 24.4 Å². The zero-order valence-corrected chi connectivity index (χ0v) is 15.6. The first-order valence-electron chi connectivity index (χ1n) is 7.76. The van der Waals surface area contributed by atoms with Crippen LogP contribution in [0.15, 0.2) is 24.3 Å². The van der Waals surface area contributed by atoms with Gasteiger partial charge in [0.25, 0.3) is 0 Å². The van der Waals surface area contributed by atoms with Gasteiger partial charge in [0.1, 0.15) is 18.1 Å². The average Bonchev–Trinajstić information content (AvgIpc) is 2.56. The Labute approximate surface area is 146 Å². The molecular weight excluding hydrogens is 316 g/mol. The van der Waals surface area contributed by atoms with Gasteiger partial charge in [-0.1, -0.05) is 13.8 Å². The summed E-state index contributed by atoms with van der Waals surface area (Å²) in [5.41, 5.74) is 0. The standard InChI is InChI=1S/C17H28N2O3.ClH/c1-6-19(7-2)12-17(20)18(4)14(3)13-22-16-10-8-15(21-5)9-11-16;/h8-11,14H,6-7,12-13H2,1-5H3;1H. The minimum absolute atomic E-state index is 0. The molecule has 132 valence electrons. The summed E-state index contributed by atoms with van der Waals surface area (Å²) in [5, 5.41) is 0. The van der Waals surface area contributed by atoms with Crippen molar-refractivity contribution >= 4 is 18.3 Å². The van der Waals surface area contributed by atoms with E-state index in [4.69, 9.17) is 9.47 Å². The number of carbonyl (C=O) groups is 1. The Morgan fingerprint density at radius 3 is 2.13 bits per heavy atom. The van der Waals surface area contributed by atoms with Crippen molar-refractivity contribution in [2.75, 3.05) is 40.4 Å². The first-order valence-corrected chi connectivity index (χ1v) is 7.76. The summed E-state index contributed by atoms with van der Waals surface area (Å²) in [5.74, 6) is 1.69. The first kappa shape index (κ1) is 21.5. The van der Waals surface area contributed by atoms with E-state index < -0.39 is 0 Å². The number of amides is 1. The van der Waals surface area contributed by atoms with Crippen LogP contribution in [-0.4, -0.2) is 62.1 Å². The number of likely N-dealkylation sites (N-methyl/N-ethyl adjacent to an activating group) is 2. The maximum atomic E-state index is 12.2. The van der Waals surface area contributed by atoms with Crippen molar-refractivity contribution in [1.29, 1.82) is 0 Å². The van der Waals surface area contributed by atoms with Crippen molar-refractivity contribution in [2.24, 2.45) is 0 Å². The Morgan fingerprint density at radius 1 is 1.13 bits per heavy atom. The smallest absolute Gasteiger partial charge is 0.236 e. The molecule has 1 aromatic rings. The zero-order valence-electron chi connectivity index (χ0n) is 14.7. The SMILES string of the molecule is CCN(CC)CC(=O)N(C)C(C)COc1ccc(OC)cc1.Cl. The van der Waals surface area contributed by atoms with Gasteiger partial charge >= 0.3 is 0 Å². The molecule has 23 heavy (non-hydrogen) atoms. The van der Waals surface area contributed by atoms with Crippen LogP contribution in [0.5, 0.6) is 11.5 Å². The van der Waals surface area contributed by atoms with Gasteiger partial charge in [-0.25, -0.2) is 0 Å². The summed E-state index contributed by atoms with van der Waals surface area (Å²) in [6, 6.07) is 7.46. The van der Waals surface area contributed by atoms with Crippen LogP contribution >= 0.6 is 12.4 Å². The van der Waals surface area contributed by atoms with E-state index >= 15 is 0 Å². The number of hydrogen-bond acceptors (Lipinski definition) is 4. The molecule has 0 radical (unpaired) electrons. The number of carbonyl (C=O) groups excluding carboxylic acids is 1. The van der Waals surface area contributed by atoms with E-state index in [1.54, 1.807) is 12.0 Å². The molecule has 1 amide bonds. The van der Waals surface area contributed by atoms with Crippen molar-refractivity contribution in [2.45, 2.75) is 26.8 Å². The number of methoxy groups -OCH3 is 1. The van der Waals surface area contributed by atoms with Crippen molar-refractivity contribution < 1.29 is 14.3 Å². The Bertz CT molecular complexity index is 450. The fourth-order valence-corrected chi connectivity index (χ4v) is 2.00. The molecule has 5 nitrogen and oxygen atoms in total. The highest BCUT2D eigenvalue weighted by molar-refractivity contribution is 5.85. The molecule has 1 unspecified atom stereocenters. The van der Waals surface area contributed by atoms with Crippen LogP contribution in [0.4, 0.5) is 0 Å². The van der Waals surface area contributed by atoms with E-state index in [9.17, 15) is 4.79 Å². The first-order chi connectivity index (χ1) is 10.5. The predicted molar refractivity (Wildman–Crippen MR) is 95.8 cm³/mol. The van der Waals surface area contributed by atoms with Crippen LogP contribution in [0.3, 0.4) is 0 Å². The fraction of sp³-hybridized carbons (Fsp3) is 0.588. The van der Waals surface area contributed by atoms with Crippen LogP contribution in [0.2, 0.25) is 0 Å². The third-order valence-corrected chi connectivity index (χ3v) is 3.86. The van der Waals surface area contributed by atoms with Gasteiger partial charge in [0.2, 0.25) is 5.91 Å². The monoisotopic (exact) mass is 344 g/mol. The van der Waals surface area contributed by atoms with Crippen molar-refractivity contribution in [3.63, 3.8) is 0 Å². The lowest BCUT2D eigenvalue weighted by atomic mass is 10.3. The molecule has 0 saturated carbocycles. The Morgan fingerprint density at radius 2 is 1.65 bits per heavy atom. The molecular formula is C17H29ClN2O3. The molecule has 0 aliphatic carbocycles. The molecule has 0 spiro atoms. The number of hydrogen-bond donors (Lipinski definition) is 0. The molecule has 0 fully saturated rings. The highest BCUT2D eigenvalue weighted by Gasteiger charge is 2.18. The quantitative estimate of drug-likeness (QED) is 0.690. The van der Waals surface area contributed by atoms with E-state index in [1.165, 1.54) is 0 Å². The maximum Gasteiger partial charge on any atom is 0.236 e. The molecule has 0 aliphatic rings. The van der Waals surface area contributed by atoms with Crippen LogP contribution in [0.1, 0.15) is 20.8 Å². The molecule has 0 aromatic heterocycles. The minimum atomic E-state index is 0. The summed E-state index contributed by atoms with van der Waals surface area (Å²) in [7, 11) is 3.46. The summed E-state index contributed by atoms with van der Waals surface area (Å²) in [6.07, 6.45) is 0. The van der Waals surface area contributed by atoms with Gasteiger partial charge in [0, 0.05) is 7.05 Å². The van der Waals surface area contributed by atoms with E-state index in [2.05, 4.69) is 18.7 Å². The molecule has 6 heteroatoms. The van der Waals surface area contributed by atoms with Crippen molar-refractivity contribution in [1.82, 2.24) is 9.80 Å². The van der Waals surface area contributed by atoms with Gasteiger partial charge in [-0.05, 0) is 44.3 Å². The summed E-state index contributed by atoms with van der Waals surface area (Å²) < 4.78 is 10.8. The van der Waals surface area contributed by atoms with Crippen LogP contribution < -0.4 is 9.47 Å². The lowest BCUT2D eigenvalue weighted by Gasteiger charge is -2.27. The topological polar surface area (TPSA) is 42.0 Å². The summed E-state index contributed by atoms with van der Waals surface area (Å²) >= 11 is 0. The van der Waals surface area contributed by atoms with Crippen molar-refractivity contribution in [3.05, 3.63) is 24.3 Å². The van der Waals surface area contributed by atoms with Gasteiger partial charge < -0.3 is 14.4 Å². The van der Waals surface area contributed by atoms with E-state index in [1.807, 2.05) is 38.2 Å². The minimum Gasteiger partial charge on any atom is -0.497 e. The van der Waals surface area contributed by atoms with Crippen molar-refractivity contribution in [3.8, 4) is 11.5 Å². The summed E-state index contributed by atoms with van der Waals surface area (Å²) in [4.78, 5) is 16.1. The lowest BCUT2D eigenvalue weighted by molar-refractivity contribution is -0.133. The van der Waals surface area contributed by atoms with Gasteiger partial charge in [-0.3, -0.25) is 9.69 Å². The van der Waals surface area contributed by atoms with Crippen LogP contribution in [0.25, 0.3) is 0 Å². The molecule has 0 bridgehead atoms. The molecule has 0 heterocycles. The van der Waals surface area contributed by atoms with Crippen LogP contribution in [0, 0.1) is 0 Å².